The first-order chi connectivity index (χ1) is 9.27. The van der Waals surface area contributed by atoms with Crippen LogP contribution in [0.3, 0.4) is 0 Å². The van der Waals surface area contributed by atoms with Gasteiger partial charge in [-0.25, -0.2) is 0 Å². The molecule has 1 rings (SSSR count). The lowest BCUT2D eigenvalue weighted by atomic mass is 9.97. The predicted octanol–water partition coefficient (Wildman–Crippen LogP) is 6.54. The summed E-state index contributed by atoms with van der Waals surface area (Å²) in [4.78, 5) is 0. The number of hydrogen-bond donors (Lipinski definition) is 0. The molecule has 0 aromatic heterocycles. The van der Waals surface area contributed by atoms with Crippen LogP contribution in [0.4, 0.5) is 0 Å². The Balaban J connectivity index is 2.64. The van der Waals surface area contributed by atoms with Crippen LogP contribution in [0.1, 0.15) is 76.3 Å². The van der Waals surface area contributed by atoms with Crippen LogP contribution < -0.4 is 0 Å². The summed E-state index contributed by atoms with van der Waals surface area (Å²) < 4.78 is 0. The Labute approximate surface area is 119 Å². The lowest BCUT2D eigenvalue weighted by Gasteiger charge is -2.09. The third-order valence-corrected chi connectivity index (χ3v) is 3.67. The zero-order valence-electron chi connectivity index (χ0n) is 13.0. The Kier molecular flexibility index (Phi) is 8.29. The number of aryl methyl sites for hydroxylation is 1. The van der Waals surface area contributed by atoms with E-state index in [0.29, 0.717) is 0 Å². The largest absolute Gasteiger partial charge is 0.0807 e. The molecule has 1 aromatic rings. The molecule has 0 aliphatic rings. The molecule has 0 aliphatic carbocycles. The fourth-order valence-corrected chi connectivity index (χ4v) is 2.37. The molecule has 0 saturated carbocycles. The van der Waals surface area contributed by atoms with Gasteiger partial charge in [-0.2, -0.15) is 0 Å². The maximum Gasteiger partial charge on any atom is -0.0228 e. The van der Waals surface area contributed by atoms with Crippen molar-refractivity contribution in [1.82, 2.24) is 0 Å². The molecule has 0 heterocycles. The normalized spacial score (nSPS) is 11.8. The molecule has 0 fully saturated rings. The molecular formula is C19H30. The van der Waals surface area contributed by atoms with Crippen LogP contribution in [0.5, 0.6) is 0 Å². The highest BCUT2D eigenvalue weighted by Gasteiger charge is 2.01. The lowest BCUT2D eigenvalue weighted by Crippen LogP contribution is -1.87. The van der Waals surface area contributed by atoms with Gasteiger partial charge in [0, 0.05) is 0 Å². The van der Waals surface area contributed by atoms with Gasteiger partial charge in [-0.3, -0.25) is 0 Å². The fraction of sp³-hybridized carbons (Fsp3) is 0.579. The Bertz CT molecular complexity index is 356. The Hall–Kier alpha value is -1.04. The van der Waals surface area contributed by atoms with Crippen LogP contribution in [-0.2, 0) is 0 Å². The van der Waals surface area contributed by atoms with Crippen molar-refractivity contribution in [2.24, 2.45) is 0 Å². The molecule has 0 atom stereocenters. The van der Waals surface area contributed by atoms with Gasteiger partial charge in [-0.15, -0.1) is 0 Å². The number of hydrogen-bond acceptors (Lipinski definition) is 0. The number of allylic oxidation sites excluding steroid dienone is 2. The summed E-state index contributed by atoms with van der Waals surface area (Å²) in [7, 11) is 0. The Morgan fingerprint density at radius 1 is 0.895 bits per heavy atom. The van der Waals surface area contributed by atoms with Gasteiger partial charge in [0.2, 0.25) is 0 Å². The second-order valence-corrected chi connectivity index (χ2v) is 5.55. The van der Waals surface area contributed by atoms with E-state index in [4.69, 9.17) is 0 Å². The maximum atomic E-state index is 2.48. The van der Waals surface area contributed by atoms with Gasteiger partial charge >= 0.3 is 0 Å². The highest BCUT2D eigenvalue weighted by atomic mass is 14.1. The quantitative estimate of drug-likeness (QED) is 0.441. The second-order valence-electron chi connectivity index (χ2n) is 5.55. The highest BCUT2D eigenvalue weighted by Crippen LogP contribution is 2.23. The topological polar surface area (TPSA) is 0 Å². The maximum absolute atomic E-state index is 2.48. The summed E-state index contributed by atoms with van der Waals surface area (Å²) in [6.07, 6.45) is 12.9. The molecule has 19 heavy (non-hydrogen) atoms. The molecule has 0 bridgehead atoms. The monoisotopic (exact) mass is 258 g/mol. The zero-order valence-corrected chi connectivity index (χ0v) is 13.0. The first-order valence-electron chi connectivity index (χ1n) is 8.04. The average molecular weight is 258 g/mol. The molecule has 0 saturated heterocycles. The lowest BCUT2D eigenvalue weighted by molar-refractivity contribution is 0.720. The van der Waals surface area contributed by atoms with Crippen LogP contribution in [-0.4, -0.2) is 0 Å². The first-order valence-corrected chi connectivity index (χ1v) is 8.04. The summed E-state index contributed by atoms with van der Waals surface area (Å²) >= 11 is 0. The summed E-state index contributed by atoms with van der Waals surface area (Å²) in [5, 5.41) is 0. The van der Waals surface area contributed by atoms with E-state index >= 15 is 0 Å². The molecule has 1 aromatic carbocycles. The van der Waals surface area contributed by atoms with E-state index in [1.807, 2.05) is 0 Å². The first kappa shape index (κ1) is 16.0. The van der Waals surface area contributed by atoms with Gasteiger partial charge in [0.15, 0.2) is 0 Å². The van der Waals surface area contributed by atoms with E-state index in [0.717, 1.165) is 0 Å². The van der Waals surface area contributed by atoms with Crippen LogP contribution in [0.25, 0.3) is 5.57 Å². The number of unbranched alkanes of at least 4 members (excludes halogenated alkanes) is 5. The van der Waals surface area contributed by atoms with Gasteiger partial charge < -0.3 is 0 Å². The predicted molar refractivity (Wildman–Crippen MR) is 87.4 cm³/mol. The molecule has 0 N–H and O–H groups in total. The highest BCUT2D eigenvalue weighted by molar-refractivity contribution is 5.65. The van der Waals surface area contributed by atoms with Gasteiger partial charge in [0.05, 0.1) is 0 Å². The van der Waals surface area contributed by atoms with E-state index in [1.54, 1.807) is 5.57 Å². The number of rotatable bonds is 9. The minimum absolute atomic E-state index is 1.24. The molecule has 0 nitrogen and oxygen atoms in total. The van der Waals surface area contributed by atoms with Gasteiger partial charge in [0.1, 0.15) is 0 Å². The van der Waals surface area contributed by atoms with Gasteiger partial charge in [-0.1, -0.05) is 75.4 Å². The Morgan fingerprint density at radius 2 is 1.53 bits per heavy atom. The van der Waals surface area contributed by atoms with Crippen molar-refractivity contribution >= 4 is 5.57 Å². The van der Waals surface area contributed by atoms with Crippen molar-refractivity contribution in [2.45, 2.75) is 72.1 Å². The molecule has 0 aliphatic heterocycles. The van der Waals surface area contributed by atoms with Crippen LogP contribution in [0, 0.1) is 6.92 Å². The minimum atomic E-state index is 1.24. The van der Waals surface area contributed by atoms with E-state index < -0.39 is 0 Å². The molecule has 0 unspecified atom stereocenters. The molecule has 106 valence electrons. The van der Waals surface area contributed by atoms with Crippen LogP contribution >= 0.6 is 0 Å². The molecule has 0 radical (unpaired) electrons. The zero-order chi connectivity index (χ0) is 13.9. The number of benzene rings is 1. The van der Waals surface area contributed by atoms with Crippen molar-refractivity contribution in [3.8, 4) is 0 Å². The molecule has 0 spiro atoms. The SMILES string of the molecule is CCCCC/C=C(\CCCCC)c1ccc(C)cc1. The van der Waals surface area contributed by atoms with Crippen molar-refractivity contribution < 1.29 is 0 Å². The van der Waals surface area contributed by atoms with Crippen molar-refractivity contribution in [1.29, 1.82) is 0 Å². The van der Waals surface area contributed by atoms with E-state index in [9.17, 15) is 0 Å². The third-order valence-electron chi connectivity index (χ3n) is 3.67. The Morgan fingerprint density at radius 3 is 2.16 bits per heavy atom. The third kappa shape index (κ3) is 6.61. The second kappa shape index (κ2) is 9.83. The van der Waals surface area contributed by atoms with E-state index in [1.165, 1.54) is 62.5 Å². The van der Waals surface area contributed by atoms with Gasteiger partial charge in [0.25, 0.3) is 0 Å². The van der Waals surface area contributed by atoms with Crippen molar-refractivity contribution in [3.63, 3.8) is 0 Å². The van der Waals surface area contributed by atoms with E-state index in [2.05, 4.69) is 51.1 Å². The van der Waals surface area contributed by atoms with Crippen molar-refractivity contribution in [2.75, 3.05) is 0 Å². The summed E-state index contributed by atoms with van der Waals surface area (Å²) in [5.74, 6) is 0. The van der Waals surface area contributed by atoms with Crippen molar-refractivity contribution in [3.05, 3.63) is 41.5 Å². The summed E-state index contributed by atoms with van der Waals surface area (Å²) in [5.41, 5.74) is 4.34. The van der Waals surface area contributed by atoms with Crippen LogP contribution in [0.15, 0.2) is 30.3 Å². The van der Waals surface area contributed by atoms with Crippen LogP contribution in [0.2, 0.25) is 0 Å². The van der Waals surface area contributed by atoms with E-state index in [-0.39, 0.29) is 0 Å². The van der Waals surface area contributed by atoms with Gasteiger partial charge in [-0.05, 0) is 43.7 Å². The average Bonchev–Trinajstić information content (AvgIpc) is 2.43. The summed E-state index contributed by atoms with van der Waals surface area (Å²) in [6, 6.07) is 9.03. The smallest absolute Gasteiger partial charge is 0.0228 e. The minimum Gasteiger partial charge on any atom is -0.0807 e. The molecule has 0 amide bonds. The molecule has 0 heteroatoms. The standard InChI is InChI=1S/C19H30/c1-4-6-8-10-12-18(11-9-7-5-2)19-15-13-17(3)14-16-19/h12-16H,4-11H2,1-3H3/b18-12+. The summed E-state index contributed by atoms with van der Waals surface area (Å²) in [6.45, 7) is 6.70. The fourth-order valence-electron chi connectivity index (χ4n) is 2.37. The molecular weight excluding hydrogens is 228 g/mol.